The zero-order valence-electron chi connectivity index (χ0n) is 15.1. The minimum Gasteiger partial charge on any atom is -0.494 e. The summed E-state index contributed by atoms with van der Waals surface area (Å²) in [5, 5.41) is 7.00. The largest absolute Gasteiger partial charge is 0.494 e. The van der Waals surface area contributed by atoms with E-state index in [2.05, 4.69) is 10.4 Å². The number of amides is 1. The third kappa shape index (κ3) is 4.37. The maximum absolute atomic E-state index is 12.3. The molecule has 0 fully saturated rings. The van der Waals surface area contributed by atoms with Gasteiger partial charge in [0.2, 0.25) is 0 Å². The number of hydrogen-bond donors (Lipinski definition) is 1. The highest BCUT2D eigenvalue weighted by atomic mass is 16.5. The van der Waals surface area contributed by atoms with Crippen molar-refractivity contribution in [1.29, 1.82) is 0 Å². The molecule has 1 amide bonds. The Bertz CT molecular complexity index is 765. The van der Waals surface area contributed by atoms with E-state index in [1.807, 2.05) is 13.8 Å². The van der Waals surface area contributed by atoms with Gasteiger partial charge in [0, 0.05) is 7.05 Å². The van der Waals surface area contributed by atoms with Gasteiger partial charge in [-0.2, -0.15) is 5.10 Å². The molecule has 0 unspecified atom stereocenters. The Morgan fingerprint density at radius 2 is 1.88 bits per heavy atom. The zero-order valence-corrected chi connectivity index (χ0v) is 15.1. The number of nitrogens with zero attached hydrogens (tertiary/aromatic N) is 2. The summed E-state index contributed by atoms with van der Waals surface area (Å²) in [5.41, 5.74) is 2.53. The van der Waals surface area contributed by atoms with Crippen molar-refractivity contribution in [1.82, 2.24) is 9.78 Å². The lowest BCUT2D eigenvalue weighted by atomic mass is 10.2. The molecule has 0 aliphatic heterocycles. The highest BCUT2D eigenvalue weighted by Gasteiger charge is 2.21. The molecule has 25 heavy (non-hydrogen) atoms. The van der Waals surface area contributed by atoms with Gasteiger partial charge in [-0.15, -0.1) is 0 Å². The lowest BCUT2D eigenvalue weighted by Crippen LogP contribution is -2.30. The van der Waals surface area contributed by atoms with Crippen molar-refractivity contribution in [2.24, 2.45) is 7.05 Å². The summed E-state index contributed by atoms with van der Waals surface area (Å²) < 4.78 is 12.2. The van der Waals surface area contributed by atoms with Crippen LogP contribution in [-0.2, 0) is 16.6 Å². The first-order valence-corrected chi connectivity index (χ1v) is 8.08. The second-order valence-corrected chi connectivity index (χ2v) is 5.66. The van der Waals surface area contributed by atoms with Crippen molar-refractivity contribution in [2.75, 3.05) is 11.9 Å². The molecule has 0 radical (unpaired) electrons. The second kappa shape index (κ2) is 7.83. The van der Waals surface area contributed by atoms with Gasteiger partial charge < -0.3 is 14.8 Å². The van der Waals surface area contributed by atoms with Crippen LogP contribution in [0.5, 0.6) is 5.75 Å². The Balaban J connectivity index is 1.99. The molecule has 0 saturated carbocycles. The molecule has 1 N–H and O–H groups in total. The average Bonchev–Trinajstić information content (AvgIpc) is 2.82. The van der Waals surface area contributed by atoms with Gasteiger partial charge in [-0.3, -0.25) is 9.48 Å². The van der Waals surface area contributed by atoms with Crippen LogP contribution in [0.3, 0.4) is 0 Å². The molecule has 0 bridgehead atoms. The van der Waals surface area contributed by atoms with Crippen molar-refractivity contribution >= 4 is 17.6 Å². The number of nitrogens with one attached hydrogen (secondary N) is 1. The van der Waals surface area contributed by atoms with Gasteiger partial charge in [0.1, 0.15) is 5.75 Å². The van der Waals surface area contributed by atoms with Crippen molar-refractivity contribution < 1.29 is 19.1 Å². The van der Waals surface area contributed by atoms with Crippen LogP contribution in [-0.4, -0.2) is 34.4 Å². The molecule has 0 aliphatic rings. The van der Waals surface area contributed by atoms with E-state index in [4.69, 9.17) is 9.47 Å². The van der Waals surface area contributed by atoms with Gasteiger partial charge in [0.15, 0.2) is 6.10 Å². The molecule has 7 nitrogen and oxygen atoms in total. The standard InChI is InChI=1S/C18H23N3O4/c1-6-24-15-9-7-14(8-10-15)18(23)25-13(4)17(22)19-16-11(2)20-21(5)12(16)3/h7-10,13H,6H2,1-5H3,(H,19,22)/t13-/m0/s1. The van der Waals surface area contributed by atoms with E-state index in [0.717, 1.165) is 5.69 Å². The number of carbonyl (C=O) groups is 2. The number of aromatic nitrogens is 2. The monoisotopic (exact) mass is 345 g/mol. The van der Waals surface area contributed by atoms with Crippen molar-refractivity contribution in [3.63, 3.8) is 0 Å². The molecule has 0 saturated heterocycles. The van der Waals surface area contributed by atoms with E-state index in [9.17, 15) is 9.59 Å². The van der Waals surface area contributed by atoms with Crippen LogP contribution in [0.15, 0.2) is 24.3 Å². The van der Waals surface area contributed by atoms with E-state index >= 15 is 0 Å². The predicted molar refractivity (Wildman–Crippen MR) is 93.8 cm³/mol. The molecule has 1 aromatic heterocycles. The fraction of sp³-hybridized carbons (Fsp3) is 0.389. The normalized spacial score (nSPS) is 11.7. The fourth-order valence-electron chi connectivity index (χ4n) is 2.32. The van der Waals surface area contributed by atoms with Crippen molar-refractivity contribution in [3.05, 3.63) is 41.2 Å². The van der Waals surface area contributed by atoms with Crippen LogP contribution < -0.4 is 10.1 Å². The van der Waals surface area contributed by atoms with E-state index in [1.54, 1.807) is 42.9 Å². The first-order chi connectivity index (χ1) is 11.8. The van der Waals surface area contributed by atoms with Gasteiger partial charge in [-0.1, -0.05) is 0 Å². The number of carbonyl (C=O) groups excluding carboxylic acids is 2. The molecule has 0 spiro atoms. The molecular formula is C18H23N3O4. The number of hydrogen-bond acceptors (Lipinski definition) is 5. The molecule has 1 aromatic carbocycles. The Morgan fingerprint density at radius 3 is 2.40 bits per heavy atom. The first kappa shape index (κ1) is 18.5. The maximum atomic E-state index is 12.3. The molecule has 7 heteroatoms. The van der Waals surface area contributed by atoms with Crippen LogP contribution in [0, 0.1) is 13.8 Å². The van der Waals surface area contributed by atoms with Crippen LogP contribution >= 0.6 is 0 Å². The van der Waals surface area contributed by atoms with Gasteiger partial charge in [0.05, 0.1) is 29.2 Å². The molecule has 1 atom stereocenters. The maximum Gasteiger partial charge on any atom is 0.338 e. The van der Waals surface area contributed by atoms with E-state index < -0.39 is 18.0 Å². The number of benzene rings is 1. The molecule has 1 heterocycles. The van der Waals surface area contributed by atoms with E-state index in [1.165, 1.54) is 6.92 Å². The number of ether oxygens (including phenoxy) is 2. The average molecular weight is 345 g/mol. The van der Waals surface area contributed by atoms with E-state index in [-0.39, 0.29) is 0 Å². The summed E-state index contributed by atoms with van der Waals surface area (Å²) in [4.78, 5) is 24.4. The summed E-state index contributed by atoms with van der Waals surface area (Å²) in [6.45, 7) is 7.62. The smallest absolute Gasteiger partial charge is 0.338 e. The zero-order chi connectivity index (χ0) is 18.6. The minimum atomic E-state index is -0.932. The van der Waals surface area contributed by atoms with Crippen LogP contribution in [0.25, 0.3) is 0 Å². The van der Waals surface area contributed by atoms with Gasteiger partial charge in [0.25, 0.3) is 5.91 Å². The van der Waals surface area contributed by atoms with Gasteiger partial charge in [-0.05, 0) is 52.0 Å². The third-order valence-corrected chi connectivity index (χ3v) is 3.81. The number of aryl methyl sites for hydroxylation is 2. The molecule has 2 aromatic rings. The van der Waals surface area contributed by atoms with Crippen molar-refractivity contribution in [2.45, 2.75) is 33.8 Å². The number of esters is 1. The van der Waals surface area contributed by atoms with Gasteiger partial charge >= 0.3 is 5.97 Å². The SMILES string of the molecule is CCOc1ccc(C(=O)O[C@@H](C)C(=O)Nc2c(C)nn(C)c2C)cc1. The van der Waals surface area contributed by atoms with Crippen LogP contribution in [0.4, 0.5) is 5.69 Å². The molecule has 2 rings (SSSR count). The Hall–Kier alpha value is -2.83. The molecule has 134 valence electrons. The summed E-state index contributed by atoms with van der Waals surface area (Å²) >= 11 is 0. The fourth-order valence-corrected chi connectivity index (χ4v) is 2.32. The van der Waals surface area contributed by atoms with E-state index in [0.29, 0.717) is 29.3 Å². The summed E-state index contributed by atoms with van der Waals surface area (Å²) in [5.74, 6) is -0.295. The predicted octanol–water partition coefficient (Wildman–Crippen LogP) is 2.62. The lowest BCUT2D eigenvalue weighted by Gasteiger charge is -2.14. The summed E-state index contributed by atoms with van der Waals surface area (Å²) in [7, 11) is 1.80. The second-order valence-electron chi connectivity index (χ2n) is 5.66. The van der Waals surface area contributed by atoms with Crippen LogP contribution in [0.1, 0.15) is 35.6 Å². The molecule has 0 aliphatic carbocycles. The molecular weight excluding hydrogens is 322 g/mol. The number of rotatable bonds is 6. The topological polar surface area (TPSA) is 82.4 Å². The third-order valence-electron chi connectivity index (χ3n) is 3.81. The lowest BCUT2D eigenvalue weighted by molar-refractivity contribution is -0.123. The highest BCUT2D eigenvalue weighted by molar-refractivity contribution is 5.98. The summed E-state index contributed by atoms with van der Waals surface area (Å²) in [6, 6.07) is 6.58. The van der Waals surface area contributed by atoms with Gasteiger partial charge in [-0.25, -0.2) is 4.79 Å². The number of anilines is 1. The summed E-state index contributed by atoms with van der Waals surface area (Å²) in [6.07, 6.45) is -0.932. The van der Waals surface area contributed by atoms with Crippen molar-refractivity contribution in [3.8, 4) is 5.75 Å². The highest BCUT2D eigenvalue weighted by Crippen LogP contribution is 2.19. The Kier molecular flexibility index (Phi) is 5.80. The minimum absolute atomic E-state index is 0.358. The Morgan fingerprint density at radius 1 is 1.24 bits per heavy atom. The quantitative estimate of drug-likeness (QED) is 0.814. The Labute approximate surface area is 146 Å². The first-order valence-electron chi connectivity index (χ1n) is 8.08. The van der Waals surface area contributed by atoms with Crippen LogP contribution in [0.2, 0.25) is 0 Å².